The van der Waals surface area contributed by atoms with Gasteiger partial charge < -0.3 is 4.74 Å². The first-order valence-electron chi connectivity index (χ1n) is 9.06. The number of sulfone groups is 1. The molecule has 0 N–H and O–H groups in total. The summed E-state index contributed by atoms with van der Waals surface area (Å²) < 4.78 is 28.6. The van der Waals surface area contributed by atoms with Crippen LogP contribution in [-0.4, -0.2) is 54.9 Å². The van der Waals surface area contributed by atoms with Crippen molar-refractivity contribution in [2.75, 3.05) is 12.0 Å². The van der Waals surface area contributed by atoms with E-state index in [1.807, 2.05) is 0 Å². The third-order valence-electron chi connectivity index (χ3n) is 4.65. The number of hydrogen-bond acceptors (Lipinski definition) is 7. The first kappa shape index (κ1) is 21.4. The maximum Gasteiger partial charge on any atom is 0.334 e. The molecule has 0 fully saturated rings. The van der Waals surface area contributed by atoms with Gasteiger partial charge in [0.15, 0.2) is 5.78 Å². The van der Waals surface area contributed by atoms with Gasteiger partial charge in [-0.1, -0.05) is 12.1 Å². The molecule has 1 heterocycles. The SMILES string of the molecule is CC(=O)c1ccc(OC(=O)[C@H](CCS(C)(=O)=O)N2C(=O)c3ccccc3C2=O)cc1. The van der Waals surface area contributed by atoms with Gasteiger partial charge in [-0.2, -0.15) is 0 Å². The van der Waals surface area contributed by atoms with Crippen molar-refractivity contribution in [1.82, 2.24) is 4.90 Å². The fourth-order valence-corrected chi connectivity index (χ4v) is 3.76. The van der Waals surface area contributed by atoms with E-state index in [-0.39, 0.29) is 29.1 Å². The summed E-state index contributed by atoms with van der Waals surface area (Å²) in [6, 6.07) is 10.5. The molecule has 1 atom stereocenters. The summed E-state index contributed by atoms with van der Waals surface area (Å²) in [5.74, 6) is -2.78. The highest BCUT2D eigenvalue weighted by atomic mass is 32.2. The quantitative estimate of drug-likeness (QED) is 0.286. The van der Waals surface area contributed by atoms with Crippen LogP contribution in [0.15, 0.2) is 48.5 Å². The molecule has 8 nitrogen and oxygen atoms in total. The Balaban J connectivity index is 1.89. The predicted molar refractivity (Wildman–Crippen MR) is 107 cm³/mol. The summed E-state index contributed by atoms with van der Waals surface area (Å²) in [4.78, 5) is 50.5. The fraction of sp³-hybridized carbons (Fsp3) is 0.238. The van der Waals surface area contributed by atoms with E-state index in [4.69, 9.17) is 4.74 Å². The Morgan fingerprint density at radius 1 is 0.967 bits per heavy atom. The molecule has 3 rings (SSSR count). The molecule has 0 aromatic heterocycles. The predicted octanol–water partition coefficient (Wildman–Crippen LogP) is 1.89. The van der Waals surface area contributed by atoms with Gasteiger partial charge in [-0.25, -0.2) is 13.2 Å². The Bertz CT molecular complexity index is 1100. The summed E-state index contributed by atoms with van der Waals surface area (Å²) >= 11 is 0. The van der Waals surface area contributed by atoms with Crippen LogP contribution in [0.25, 0.3) is 0 Å². The molecule has 2 aromatic rings. The van der Waals surface area contributed by atoms with Crippen LogP contribution in [0.2, 0.25) is 0 Å². The lowest BCUT2D eigenvalue weighted by Crippen LogP contribution is -2.47. The molecule has 2 amide bonds. The highest BCUT2D eigenvalue weighted by Gasteiger charge is 2.43. The second-order valence-corrected chi connectivity index (χ2v) is 9.22. The Hall–Kier alpha value is -3.33. The monoisotopic (exact) mass is 429 g/mol. The number of ether oxygens (including phenoxy) is 1. The van der Waals surface area contributed by atoms with E-state index >= 15 is 0 Å². The van der Waals surface area contributed by atoms with Crippen molar-refractivity contribution in [3.05, 3.63) is 65.2 Å². The van der Waals surface area contributed by atoms with Crippen LogP contribution >= 0.6 is 0 Å². The third-order valence-corrected chi connectivity index (χ3v) is 5.63. The number of hydrogen-bond donors (Lipinski definition) is 0. The molecule has 156 valence electrons. The minimum absolute atomic E-state index is 0.103. The van der Waals surface area contributed by atoms with Gasteiger partial charge in [0, 0.05) is 11.8 Å². The van der Waals surface area contributed by atoms with E-state index in [1.54, 1.807) is 12.1 Å². The number of carbonyl (C=O) groups is 4. The molecule has 2 aromatic carbocycles. The number of esters is 1. The van der Waals surface area contributed by atoms with Gasteiger partial charge in [0.05, 0.1) is 16.9 Å². The van der Waals surface area contributed by atoms with Crippen molar-refractivity contribution in [2.24, 2.45) is 0 Å². The normalized spacial score (nSPS) is 14.4. The van der Waals surface area contributed by atoms with Gasteiger partial charge in [-0.15, -0.1) is 0 Å². The molecule has 30 heavy (non-hydrogen) atoms. The van der Waals surface area contributed by atoms with Gasteiger partial charge in [0.2, 0.25) is 0 Å². The van der Waals surface area contributed by atoms with Gasteiger partial charge in [-0.3, -0.25) is 19.3 Å². The number of fused-ring (bicyclic) bond motifs is 1. The maximum atomic E-state index is 12.8. The van der Waals surface area contributed by atoms with E-state index in [9.17, 15) is 27.6 Å². The summed E-state index contributed by atoms with van der Waals surface area (Å²) in [7, 11) is -3.47. The number of rotatable bonds is 7. The molecule has 0 aliphatic carbocycles. The lowest BCUT2D eigenvalue weighted by molar-refractivity contribution is -0.138. The first-order valence-corrected chi connectivity index (χ1v) is 11.1. The largest absolute Gasteiger partial charge is 0.425 e. The molecular weight excluding hydrogens is 410 g/mol. The Kier molecular flexibility index (Phi) is 5.84. The zero-order chi connectivity index (χ0) is 22.1. The topological polar surface area (TPSA) is 115 Å². The van der Waals surface area contributed by atoms with E-state index < -0.39 is 39.4 Å². The zero-order valence-corrected chi connectivity index (χ0v) is 17.1. The zero-order valence-electron chi connectivity index (χ0n) is 16.3. The molecule has 0 saturated heterocycles. The summed E-state index contributed by atoms with van der Waals surface area (Å²) in [5.41, 5.74) is 0.708. The van der Waals surface area contributed by atoms with Crippen LogP contribution in [0.3, 0.4) is 0 Å². The highest BCUT2D eigenvalue weighted by Crippen LogP contribution is 2.27. The molecule has 0 radical (unpaired) electrons. The summed E-state index contributed by atoms with van der Waals surface area (Å²) in [6.07, 6.45) is 0.701. The van der Waals surface area contributed by atoms with Gasteiger partial charge >= 0.3 is 5.97 Å². The van der Waals surface area contributed by atoms with Crippen LogP contribution in [0, 0.1) is 0 Å². The van der Waals surface area contributed by atoms with Gasteiger partial charge in [0.25, 0.3) is 11.8 Å². The van der Waals surface area contributed by atoms with Crippen LogP contribution < -0.4 is 4.74 Å². The highest BCUT2D eigenvalue weighted by molar-refractivity contribution is 7.90. The Morgan fingerprint density at radius 3 is 1.97 bits per heavy atom. The smallest absolute Gasteiger partial charge is 0.334 e. The lowest BCUT2D eigenvalue weighted by Gasteiger charge is -2.24. The van der Waals surface area contributed by atoms with Gasteiger partial charge in [0.1, 0.15) is 21.6 Å². The molecular formula is C21H19NO7S. The van der Waals surface area contributed by atoms with Crippen molar-refractivity contribution >= 4 is 33.4 Å². The number of imide groups is 1. The lowest BCUT2D eigenvalue weighted by atomic mass is 10.1. The number of nitrogens with zero attached hydrogens (tertiary/aromatic N) is 1. The van der Waals surface area contributed by atoms with Gasteiger partial charge in [-0.05, 0) is 49.7 Å². The number of carbonyl (C=O) groups excluding carboxylic acids is 4. The molecule has 0 unspecified atom stereocenters. The number of amides is 2. The van der Waals surface area contributed by atoms with E-state index in [0.29, 0.717) is 5.56 Å². The molecule has 0 spiro atoms. The average Bonchev–Trinajstić information content (AvgIpc) is 2.93. The van der Waals surface area contributed by atoms with Crippen molar-refractivity contribution < 1.29 is 32.3 Å². The van der Waals surface area contributed by atoms with Crippen molar-refractivity contribution in [3.63, 3.8) is 0 Å². The van der Waals surface area contributed by atoms with E-state index in [2.05, 4.69) is 0 Å². The molecule has 0 saturated carbocycles. The first-order chi connectivity index (χ1) is 14.1. The van der Waals surface area contributed by atoms with Crippen LogP contribution in [0.5, 0.6) is 5.75 Å². The van der Waals surface area contributed by atoms with Crippen molar-refractivity contribution in [3.8, 4) is 5.75 Å². The van der Waals surface area contributed by atoms with Crippen LogP contribution in [0.1, 0.15) is 44.4 Å². The van der Waals surface area contributed by atoms with Crippen molar-refractivity contribution in [1.29, 1.82) is 0 Å². The van der Waals surface area contributed by atoms with Crippen LogP contribution in [0.4, 0.5) is 0 Å². The Morgan fingerprint density at radius 2 is 1.50 bits per heavy atom. The Labute approximate surface area is 173 Å². The molecule has 9 heteroatoms. The molecule has 0 bridgehead atoms. The minimum atomic E-state index is -3.47. The average molecular weight is 429 g/mol. The van der Waals surface area contributed by atoms with E-state index in [1.165, 1.54) is 43.3 Å². The summed E-state index contributed by atoms with van der Waals surface area (Å²) in [6.45, 7) is 1.39. The maximum absolute atomic E-state index is 12.8. The molecule has 1 aliphatic heterocycles. The third kappa shape index (κ3) is 4.46. The molecule has 1 aliphatic rings. The van der Waals surface area contributed by atoms with Crippen molar-refractivity contribution in [2.45, 2.75) is 19.4 Å². The number of Topliss-reactive ketones (excluding diaryl/α,β-unsaturated/α-hetero) is 1. The van der Waals surface area contributed by atoms with Crippen LogP contribution in [-0.2, 0) is 14.6 Å². The summed E-state index contributed by atoms with van der Waals surface area (Å²) in [5, 5.41) is 0. The second kappa shape index (κ2) is 8.19. The number of benzene rings is 2. The van der Waals surface area contributed by atoms with E-state index in [0.717, 1.165) is 11.2 Å². The number of ketones is 1. The standard InChI is InChI=1S/C21H19NO7S/c1-13(23)14-7-9-15(10-8-14)29-21(26)18(11-12-30(2,27)28)22-19(24)16-5-3-4-6-17(16)20(22)25/h3-10,18H,11-12H2,1-2H3/t18-/m0/s1. The minimum Gasteiger partial charge on any atom is -0.425 e. The fourth-order valence-electron chi connectivity index (χ4n) is 3.11. The second-order valence-electron chi connectivity index (χ2n) is 6.96.